The first-order valence-electron chi connectivity index (χ1n) is 11.3. The number of benzene rings is 2. The Balaban J connectivity index is 1.58. The van der Waals surface area contributed by atoms with Crippen molar-refractivity contribution in [3.05, 3.63) is 53.9 Å². The smallest absolute Gasteiger partial charge is 0.251 e. The van der Waals surface area contributed by atoms with Crippen LogP contribution in [0.5, 0.6) is 11.5 Å². The van der Waals surface area contributed by atoms with Crippen LogP contribution in [-0.4, -0.2) is 53.6 Å². The quantitative estimate of drug-likeness (QED) is 0.595. The molecule has 1 aromatic heterocycles. The van der Waals surface area contributed by atoms with Gasteiger partial charge in [-0.2, -0.15) is 0 Å². The number of hydrogen-bond donors (Lipinski definition) is 1. The molecule has 1 atom stereocenters. The standard InChI is InChI=1S/C25H30N4O4/c1-17(26-25(31)18-11-12-21(32-2)22(15-18)33-3)24-27-19-9-5-6-10-20(19)29(24)16-23(30)28-13-7-4-8-14-28/h5-6,9-12,15,17H,4,7-8,13-14,16H2,1-3H3,(H,26,31). The highest BCUT2D eigenvalue weighted by Crippen LogP contribution is 2.28. The zero-order valence-corrected chi connectivity index (χ0v) is 19.3. The molecule has 0 bridgehead atoms. The molecule has 1 aliphatic rings. The van der Waals surface area contributed by atoms with E-state index in [1.54, 1.807) is 25.3 Å². The number of ether oxygens (including phenoxy) is 2. The largest absolute Gasteiger partial charge is 0.493 e. The lowest BCUT2D eigenvalue weighted by Gasteiger charge is -2.27. The molecule has 8 nitrogen and oxygen atoms in total. The summed E-state index contributed by atoms with van der Waals surface area (Å²) in [6.07, 6.45) is 3.25. The minimum atomic E-state index is -0.410. The lowest BCUT2D eigenvalue weighted by Crippen LogP contribution is -2.38. The molecular formula is C25H30N4O4. The number of nitrogens with one attached hydrogen (secondary N) is 1. The Morgan fingerprint density at radius 3 is 2.48 bits per heavy atom. The molecule has 1 unspecified atom stereocenters. The van der Waals surface area contributed by atoms with Crippen LogP contribution in [0.2, 0.25) is 0 Å². The number of imidazole rings is 1. The molecule has 0 spiro atoms. The Kier molecular flexibility index (Phi) is 6.82. The highest BCUT2D eigenvalue weighted by atomic mass is 16.5. The van der Waals surface area contributed by atoms with Gasteiger partial charge in [-0.3, -0.25) is 9.59 Å². The molecule has 3 aromatic rings. The summed E-state index contributed by atoms with van der Waals surface area (Å²) in [7, 11) is 3.08. The molecule has 0 saturated carbocycles. The number of hydrogen-bond acceptors (Lipinski definition) is 5. The molecular weight excluding hydrogens is 420 g/mol. The molecule has 2 amide bonds. The fourth-order valence-electron chi connectivity index (χ4n) is 4.29. The van der Waals surface area contributed by atoms with Gasteiger partial charge in [0.1, 0.15) is 12.4 Å². The minimum absolute atomic E-state index is 0.0810. The number of piperidine rings is 1. The topological polar surface area (TPSA) is 85.7 Å². The Bertz CT molecular complexity index is 1150. The van der Waals surface area contributed by atoms with Crippen LogP contribution in [-0.2, 0) is 11.3 Å². The molecule has 33 heavy (non-hydrogen) atoms. The van der Waals surface area contributed by atoms with Gasteiger partial charge in [0.2, 0.25) is 5.91 Å². The normalized spacial score (nSPS) is 14.7. The fourth-order valence-corrected chi connectivity index (χ4v) is 4.29. The van der Waals surface area contributed by atoms with Crippen molar-refractivity contribution in [1.29, 1.82) is 0 Å². The number of aromatic nitrogens is 2. The van der Waals surface area contributed by atoms with Gasteiger partial charge in [0.15, 0.2) is 11.5 Å². The third-order valence-corrected chi connectivity index (χ3v) is 6.07. The first-order chi connectivity index (χ1) is 16.0. The Hall–Kier alpha value is -3.55. The van der Waals surface area contributed by atoms with Crippen molar-refractivity contribution in [3.8, 4) is 11.5 Å². The van der Waals surface area contributed by atoms with E-state index in [2.05, 4.69) is 5.32 Å². The molecule has 1 saturated heterocycles. The molecule has 1 aliphatic heterocycles. The molecule has 1 N–H and O–H groups in total. The van der Waals surface area contributed by atoms with E-state index in [1.165, 1.54) is 13.5 Å². The predicted molar refractivity (Wildman–Crippen MR) is 126 cm³/mol. The molecule has 2 aromatic carbocycles. The van der Waals surface area contributed by atoms with Gasteiger partial charge in [-0.25, -0.2) is 4.98 Å². The van der Waals surface area contributed by atoms with E-state index in [9.17, 15) is 9.59 Å². The Morgan fingerprint density at radius 2 is 1.76 bits per heavy atom. The monoisotopic (exact) mass is 450 g/mol. The van der Waals surface area contributed by atoms with Crippen molar-refractivity contribution in [3.63, 3.8) is 0 Å². The second kappa shape index (κ2) is 9.94. The van der Waals surface area contributed by atoms with E-state index < -0.39 is 6.04 Å². The van der Waals surface area contributed by atoms with Crippen molar-refractivity contribution in [2.45, 2.75) is 38.8 Å². The van der Waals surface area contributed by atoms with E-state index in [4.69, 9.17) is 14.5 Å². The van der Waals surface area contributed by atoms with Crippen LogP contribution in [0.4, 0.5) is 0 Å². The van der Waals surface area contributed by atoms with Crippen molar-refractivity contribution in [2.24, 2.45) is 0 Å². The van der Waals surface area contributed by atoms with Gasteiger partial charge in [0.05, 0.1) is 31.3 Å². The number of carbonyl (C=O) groups is 2. The molecule has 4 rings (SSSR count). The first-order valence-corrected chi connectivity index (χ1v) is 11.3. The van der Waals surface area contributed by atoms with Crippen molar-refractivity contribution in [2.75, 3.05) is 27.3 Å². The van der Waals surface area contributed by atoms with E-state index >= 15 is 0 Å². The first kappa shape index (κ1) is 22.6. The molecule has 8 heteroatoms. The summed E-state index contributed by atoms with van der Waals surface area (Å²) in [5.41, 5.74) is 2.13. The summed E-state index contributed by atoms with van der Waals surface area (Å²) in [4.78, 5) is 32.7. The number of nitrogens with zero attached hydrogens (tertiary/aromatic N) is 3. The maximum absolute atomic E-state index is 13.0. The number of fused-ring (bicyclic) bond motifs is 1. The van der Waals surface area contributed by atoms with Crippen LogP contribution in [0.25, 0.3) is 11.0 Å². The third kappa shape index (κ3) is 4.79. The molecule has 174 valence electrons. The maximum atomic E-state index is 13.0. The highest BCUT2D eigenvalue weighted by Gasteiger charge is 2.23. The van der Waals surface area contributed by atoms with Gasteiger partial charge in [0.25, 0.3) is 5.91 Å². The van der Waals surface area contributed by atoms with Gasteiger partial charge in [-0.1, -0.05) is 12.1 Å². The van der Waals surface area contributed by atoms with Crippen molar-refractivity contribution >= 4 is 22.8 Å². The van der Waals surface area contributed by atoms with Crippen LogP contribution in [0.3, 0.4) is 0 Å². The van der Waals surface area contributed by atoms with Crippen molar-refractivity contribution < 1.29 is 19.1 Å². The minimum Gasteiger partial charge on any atom is -0.493 e. The fraction of sp³-hybridized carbons (Fsp3) is 0.400. The Labute approximate surface area is 193 Å². The molecule has 0 aliphatic carbocycles. The van der Waals surface area contributed by atoms with E-state index in [1.807, 2.05) is 40.7 Å². The average Bonchev–Trinajstić information content (AvgIpc) is 3.22. The summed E-state index contributed by atoms with van der Waals surface area (Å²) in [5, 5.41) is 3.01. The zero-order valence-electron chi connectivity index (χ0n) is 19.3. The van der Waals surface area contributed by atoms with Gasteiger partial charge in [-0.05, 0) is 56.5 Å². The summed E-state index contributed by atoms with van der Waals surface area (Å²) in [5.74, 6) is 1.51. The summed E-state index contributed by atoms with van der Waals surface area (Å²) in [6.45, 7) is 3.67. The summed E-state index contributed by atoms with van der Waals surface area (Å²) in [6, 6.07) is 12.3. The number of methoxy groups -OCH3 is 2. The van der Waals surface area contributed by atoms with Crippen LogP contribution in [0, 0.1) is 0 Å². The van der Waals surface area contributed by atoms with Gasteiger partial charge in [-0.15, -0.1) is 0 Å². The number of carbonyl (C=O) groups excluding carboxylic acids is 2. The van der Waals surface area contributed by atoms with Crippen LogP contribution in [0.15, 0.2) is 42.5 Å². The number of rotatable bonds is 7. The van der Waals surface area contributed by atoms with Crippen molar-refractivity contribution in [1.82, 2.24) is 19.8 Å². The van der Waals surface area contributed by atoms with E-state index in [0.29, 0.717) is 22.9 Å². The van der Waals surface area contributed by atoms with Crippen LogP contribution >= 0.6 is 0 Å². The molecule has 0 radical (unpaired) electrons. The predicted octanol–water partition coefficient (Wildman–Crippen LogP) is 3.56. The summed E-state index contributed by atoms with van der Waals surface area (Å²) < 4.78 is 12.5. The number of amides is 2. The second-order valence-electron chi connectivity index (χ2n) is 8.25. The lowest BCUT2D eigenvalue weighted by molar-refractivity contribution is -0.132. The van der Waals surface area contributed by atoms with E-state index in [-0.39, 0.29) is 18.4 Å². The molecule has 2 heterocycles. The number of para-hydroxylation sites is 2. The lowest BCUT2D eigenvalue weighted by atomic mass is 10.1. The SMILES string of the molecule is COc1ccc(C(=O)NC(C)c2nc3ccccc3n2CC(=O)N2CCCCC2)cc1OC. The average molecular weight is 451 g/mol. The third-order valence-electron chi connectivity index (χ3n) is 6.07. The van der Waals surface area contributed by atoms with Gasteiger partial charge < -0.3 is 24.3 Å². The van der Waals surface area contributed by atoms with E-state index in [0.717, 1.165) is 37.0 Å². The van der Waals surface area contributed by atoms with Gasteiger partial charge >= 0.3 is 0 Å². The zero-order chi connectivity index (χ0) is 23.4. The second-order valence-corrected chi connectivity index (χ2v) is 8.25. The molecule has 1 fully saturated rings. The van der Waals surface area contributed by atoms with Crippen LogP contribution < -0.4 is 14.8 Å². The highest BCUT2D eigenvalue weighted by molar-refractivity contribution is 5.95. The summed E-state index contributed by atoms with van der Waals surface area (Å²) >= 11 is 0. The Morgan fingerprint density at radius 1 is 1.03 bits per heavy atom. The van der Waals surface area contributed by atoms with Crippen LogP contribution in [0.1, 0.15) is 48.4 Å². The van der Waals surface area contributed by atoms with Gasteiger partial charge in [0, 0.05) is 18.7 Å². The maximum Gasteiger partial charge on any atom is 0.251 e. The number of likely N-dealkylation sites (tertiary alicyclic amines) is 1.